The van der Waals surface area contributed by atoms with E-state index in [9.17, 15) is 19.2 Å². The van der Waals surface area contributed by atoms with Gasteiger partial charge in [0.25, 0.3) is 22.9 Å². The van der Waals surface area contributed by atoms with Crippen molar-refractivity contribution < 1.29 is 9.59 Å². The van der Waals surface area contributed by atoms with Gasteiger partial charge in [-0.15, -0.1) is 0 Å². The number of amides is 2. The van der Waals surface area contributed by atoms with Gasteiger partial charge in [-0.2, -0.15) is 0 Å². The molecule has 4 N–H and O–H groups in total. The van der Waals surface area contributed by atoms with Gasteiger partial charge in [0, 0.05) is 88.4 Å². The minimum atomic E-state index is -0.228. The summed E-state index contributed by atoms with van der Waals surface area (Å²) < 4.78 is 3.64. The Morgan fingerprint density at radius 3 is 1.19 bits per heavy atom. The molecular formula is C56H72N8O4. The zero-order chi connectivity index (χ0) is 48.2. The maximum absolute atomic E-state index is 12.9. The standard InChI is InChI=1S/2C28H36N4O2/c2*1-4-21-6-8-22(9-7-21)19-30-23-11-13-31(14-12-23)15-16-32-26-17-20(2)5-10-24(26)25(18-27(32)33)28(34)29-3/h2*5-10,17-18,23,30H,4,11-16,19H2,1-3H3,(H,29,34). The van der Waals surface area contributed by atoms with E-state index in [4.69, 9.17) is 0 Å². The highest BCUT2D eigenvalue weighted by molar-refractivity contribution is 6.07. The quantitative estimate of drug-likeness (QED) is 0.0819. The van der Waals surface area contributed by atoms with Crippen LogP contribution >= 0.6 is 0 Å². The Bertz CT molecular complexity index is 2570. The van der Waals surface area contributed by atoms with Gasteiger partial charge in [-0.25, -0.2) is 0 Å². The normalized spacial score (nSPS) is 15.0. The summed E-state index contributed by atoms with van der Waals surface area (Å²) in [6.07, 6.45) is 6.58. The number of nitrogens with one attached hydrogen (secondary N) is 4. The van der Waals surface area contributed by atoms with Crippen molar-refractivity contribution in [2.75, 3.05) is 53.4 Å². The van der Waals surface area contributed by atoms with E-state index in [1.165, 1.54) is 34.4 Å². The minimum Gasteiger partial charge on any atom is -0.355 e. The zero-order valence-electron chi connectivity index (χ0n) is 41.1. The fraction of sp³-hybridized carbons (Fsp3) is 0.429. The fourth-order valence-electron chi connectivity index (χ4n) is 9.60. The average Bonchev–Trinajstić information content (AvgIpc) is 3.37. The topological polar surface area (TPSA) is 133 Å². The lowest BCUT2D eigenvalue weighted by molar-refractivity contribution is 0.0956. The van der Waals surface area contributed by atoms with Gasteiger partial charge in [0.1, 0.15) is 0 Å². The molecule has 0 saturated carbocycles. The molecule has 360 valence electrons. The number of carbonyl (C=O) groups is 2. The van der Waals surface area contributed by atoms with Crippen molar-refractivity contribution in [2.24, 2.45) is 0 Å². The van der Waals surface area contributed by atoms with Gasteiger partial charge in [0.15, 0.2) is 0 Å². The van der Waals surface area contributed by atoms with E-state index >= 15 is 0 Å². The van der Waals surface area contributed by atoms with E-state index in [0.717, 1.165) is 124 Å². The van der Waals surface area contributed by atoms with Crippen molar-refractivity contribution >= 4 is 33.6 Å². The van der Waals surface area contributed by atoms with Crippen LogP contribution in [0.25, 0.3) is 21.8 Å². The molecule has 12 heteroatoms. The second kappa shape index (κ2) is 23.9. The van der Waals surface area contributed by atoms with Gasteiger partial charge in [-0.05, 0) is 124 Å². The first-order chi connectivity index (χ1) is 33.0. The van der Waals surface area contributed by atoms with Crippen LogP contribution in [0.2, 0.25) is 0 Å². The highest BCUT2D eigenvalue weighted by Crippen LogP contribution is 2.22. The van der Waals surface area contributed by atoms with E-state index in [0.29, 0.717) is 36.3 Å². The van der Waals surface area contributed by atoms with E-state index in [1.807, 2.05) is 59.4 Å². The van der Waals surface area contributed by atoms with Crippen molar-refractivity contribution in [3.63, 3.8) is 0 Å². The highest BCUT2D eigenvalue weighted by atomic mass is 16.2. The lowest BCUT2D eigenvalue weighted by Gasteiger charge is -2.32. The summed E-state index contributed by atoms with van der Waals surface area (Å²) in [4.78, 5) is 55.4. The molecule has 6 aromatic rings. The fourth-order valence-corrected chi connectivity index (χ4v) is 9.60. The third-order valence-electron chi connectivity index (χ3n) is 14.0. The molecule has 2 fully saturated rings. The van der Waals surface area contributed by atoms with E-state index in [2.05, 4.69) is 93.4 Å². The summed E-state index contributed by atoms with van der Waals surface area (Å²) >= 11 is 0. The first-order valence-corrected chi connectivity index (χ1v) is 24.8. The summed E-state index contributed by atoms with van der Waals surface area (Å²) in [6.45, 7) is 17.2. The molecule has 0 aliphatic carbocycles. The number of aryl methyl sites for hydroxylation is 4. The second-order valence-electron chi connectivity index (χ2n) is 18.6. The van der Waals surface area contributed by atoms with E-state index in [1.54, 1.807) is 14.1 Å². The Morgan fingerprint density at radius 1 is 0.500 bits per heavy atom. The van der Waals surface area contributed by atoms with Crippen LogP contribution in [0.15, 0.2) is 107 Å². The van der Waals surface area contributed by atoms with Crippen LogP contribution in [-0.4, -0.2) is 96.2 Å². The zero-order valence-corrected chi connectivity index (χ0v) is 41.1. The third-order valence-corrected chi connectivity index (χ3v) is 14.0. The van der Waals surface area contributed by atoms with Gasteiger partial charge < -0.3 is 40.2 Å². The first kappa shape index (κ1) is 50.0. The molecule has 2 saturated heterocycles. The number of pyridine rings is 2. The van der Waals surface area contributed by atoms with Crippen LogP contribution in [0.1, 0.15) is 93.6 Å². The lowest BCUT2D eigenvalue weighted by Crippen LogP contribution is -2.43. The van der Waals surface area contributed by atoms with Crippen molar-refractivity contribution in [3.05, 3.63) is 162 Å². The molecule has 68 heavy (non-hydrogen) atoms. The predicted molar refractivity (Wildman–Crippen MR) is 277 cm³/mol. The number of hydrogen-bond acceptors (Lipinski definition) is 8. The first-order valence-electron chi connectivity index (χ1n) is 24.8. The van der Waals surface area contributed by atoms with Crippen molar-refractivity contribution in [1.29, 1.82) is 0 Å². The number of piperidine rings is 2. The average molecular weight is 921 g/mol. The number of rotatable bonds is 16. The number of carbonyl (C=O) groups excluding carboxylic acids is 2. The monoisotopic (exact) mass is 921 g/mol. The number of fused-ring (bicyclic) bond motifs is 2. The molecule has 0 radical (unpaired) electrons. The number of hydrogen-bond donors (Lipinski definition) is 4. The molecule has 2 aliphatic heterocycles. The summed E-state index contributed by atoms with van der Waals surface area (Å²) in [5.41, 5.74) is 9.87. The molecule has 2 aromatic heterocycles. The van der Waals surface area contributed by atoms with Crippen molar-refractivity contribution in [1.82, 2.24) is 40.2 Å². The largest absolute Gasteiger partial charge is 0.355 e. The van der Waals surface area contributed by atoms with Gasteiger partial charge in [0.2, 0.25) is 0 Å². The van der Waals surface area contributed by atoms with Crippen molar-refractivity contribution in [3.8, 4) is 0 Å². The summed E-state index contributed by atoms with van der Waals surface area (Å²) in [5, 5.41) is 14.4. The van der Waals surface area contributed by atoms with Gasteiger partial charge >= 0.3 is 0 Å². The highest BCUT2D eigenvalue weighted by Gasteiger charge is 2.22. The van der Waals surface area contributed by atoms with Crippen LogP contribution in [0.4, 0.5) is 0 Å². The number of aromatic nitrogens is 2. The molecule has 8 rings (SSSR count). The second-order valence-corrected chi connectivity index (χ2v) is 18.6. The third kappa shape index (κ3) is 12.8. The molecule has 0 atom stereocenters. The minimum absolute atomic E-state index is 0.123. The summed E-state index contributed by atoms with van der Waals surface area (Å²) in [7, 11) is 3.18. The maximum atomic E-state index is 12.9. The SMILES string of the molecule is CCc1ccc(CNC2CCN(CCn3c(=O)cc(C(=O)NC)c4ccc(C)cc43)CC2)cc1.CCc1ccc(CNC2CCN(CCn3c(=O)cc(C(=O)NC)c4ccc(C)cc43)CC2)cc1. The maximum Gasteiger partial charge on any atom is 0.251 e. The molecule has 12 nitrogen and oxygen atoms in total. The molecule has 2 amide bonds. The van der Waals surface area contributed by atoms with E-state index < -0.39 is 0 Å². The molecule has 0 unspecified atom stereocenters. The molecule has 4 heterocycles. The Hall–Kier alpha value is -5.92. The lowest BCUT2D eigenvalue weighted by atomic mass is 10.0. The Morgan fingerprint density at radius 2 is 0.853 bits per heavy atom. The van der Waals surface area contributed by atoms with Crippen molar-refractivity contribution in [2.45, 2.75) is 104 Å². The van der Waals surface area contributed by atoms with Crippen LogP contribution in [0, 0.1) is 13.8 Å². The summed E-state index contributed by atoms with van der Waals surface area (Å²) in [6, 6.07) is 33.6. The van der Waals surface area contributed by atoms with Crippen LogP contribution in [-0.2, 0) is 39.0 Å². The molecular weight excluding hydrogens is 849 g/mol. The van der Waals surface area contributed by atoms with Crippen LogP contribution in [0.3, 0.4) is 0 Å². The van der Waals surface area contributed by atoms with Gasteiger partial charge in [0.05, 0.1) is 22.2 Å². The molecule has 4 aromatic carbocycles. The number of nitrogens with zero attached hydrogens (tertiary/aromatic N) is 4. The predicted octanol–water partition coefficient (Wildman–Crippen LogP) is 6.97. The number of likely N-dealkylation sites (tertiary alicyclic amines) is 2. The molecule has 0 bridgehead atoms. The van der Waals surface area contributed by atoms with Crippen LogP contribution < -0.4 is 32.4 Å². The Kier molecular flexibility index (Phi) is 17.6. The molecule has 0 spiro atoms. The van der Waals surface area contributed by atoms with Gasteiger partial charge in [-0.1, -0.05) is 86.6 Å². The van der Waals surface area contributed by atoms with E-state index in [-0.39, 0.29) is 22.9 Å². The Balaban J connectivity index is 0.000000201. The van der Waals surface area contributed by atoms with Gasteiger partial charge in [-0.3, -0.25) is 19.2 Å². The Labute approximate surface area is 402 Å². The number of benzene rings is 4. The van der Waals surface area contributed by atoms with Crippen LogP contribution in [0.5, 0.6) is 0 Å². The molecule has 2 aliphatic rings. The summed E-state index contributed by atoms with van der Waals surface area (Å²) in [5.74, 6) is -0.456. The smallest absolute Gasteiger partial charge is 0.251 e.